The Labute approximate surface area is 113 Å². The summed E-state index contributed by atoms with van der Waals surface area (Å²) >= 11 is 6.22. The number of aryl methyl sites for hydroxylation is 1. The molecule has 3 rings (SSSR count). The molecule has 0 heterocycles. The molecule has 98 valence electrons. The highest BCUT2D eigenvalue weighted by Gasteiger charge is 2.56. The van der Waals surface area contributed by atoms with Crippen LogP contribution in [0.3, 0.4) is 0 Å². The monoisotopic (exact) mass is 267 g/mol. The van der Waals surface area contributed by atoms with E-state index in [0.717, 1.165) is 17.4 Å². The topological polar surface area (TPSA) is 12.0 Å². The van der Waals surface area contributed by atoms with Gasteiger partial charge >= 0.3 is 0 Å². The third-order valence-corrected chi connectivity index (χ3v) is 5.11. The summed E-state index contributed by atoms with van der Waals surface area (Å²) in [4.78, 5) is 0. The summed E-state index contributed by atoms with van der Waals surface area (Å²) in [6.45, 7) is 1.80. The molecule has 1 nitrogen and oxygen atoms in total. The molecule has 1 aromatic rings. The molecule has 2 fully saturated rings. The van der Waals surface area contributed by atoms with E-state index in [1.165, 1.54) is 25.3 Å². The van der Waals surface area contributed by atoms with Crippen molar-refractivity contribution in [2.45, 2.75) is 32.2 Å². The lowest BCUT2D eigenvalue weighted by molar-refractivity contribution is 0.444. The first-order chi connectivity index (χ1) is 8.63. The van der Waals surface area contributed by atoms with Crippen molar-refractivity contribution in [1.82, 2.24) is 5.32 Å². The van der Waals surface area contributed by atoms with Gasteiger partial charge in [-0.25, -0.2) is 4.39 Å². The van der Waals surface area contributed by atoms with Crippen LogP contribution >= 0.6 is 11.6 Å². The van der Waals surface area contributed by atoms with Crippen molar-refractivity contribution in [3.05, 3.63) is 34.1 Å². The summed E-state index contributed by atoms with van der Waals surface area (Å²) in [6, 6.07) is 3.65. The molecular formula is C15H19ClFN. The minimum Gasteiger partial charge on any atom is -0.313 e. The molecular weight excluding hydrogens is 249 g/mol. The molecule has 18 heavy (non-hydrogen) atoms. The molecule has 0 saturated heterocycles. The van der Waals surface area contributed by atoms with Crippen LogP contribution in [0, 0.1) is 30.5 Å². The van der Waals surface area contributed by atoms with Crippen LogP contribution in [-0.2, 0) is 0 Å². The summed E-state index contributed by atoms with van der Waals surface area (Å²) < 4.78 is 13.5. The number of rotatable bonds is 3. The number of nitrogens with one attached hydrogen (secondary N) is 1. The van der Waals surface area contributed by atoms with Crippen LogP contribution in [0.5, 0.6) is 0 Å². The molecule has 2 aliphatic carbocycles. The number of fused-ring (bicyclic) bond motifs is 1. The van der Waals surface area contributed by atoms with Gasteiger partial charge in [-0.3, -0.25) is 0 Å². The van der Waals surface area contributed by atoms with Crippen molar-refractivity contribution < 1.29 is 4.39 Å². The van der Waals surface area contributed by atoms with E-state index >= 15 is 0 Å². The van der Waals surface area contributed by atoms with E-state index in [4.69, 9.17) is 11.6 Å². The molecule has 0 spiro atoms. The average Bonchev–Trinajstić information content (AvgIpc) is 2.81. The van der Waals surface area contributed by atoms with Gasteiger partial charge < -0.3 is 5.32 Å². The maximum Gasteiger partial charge on any atom is 0.127 e. The number of hydrogen-bond donors (Lipinski definition) is 1. The molecule has 0 amide bonds. The van der Waals surface area contributed by atoms with E-state index in [1.807, 2.05) is 13.1 Å². The lowest BCUT2D eigenvalue weighted by Crippen LogP contribution is -2.21. The number of hydrogen-bond acceptors (Lipinski definition) is 1. The van der Waals surface area contributed by atoms with Gasteiger partial charge in [-0.2, -0.15) is 0 Å². The SMILES string of the molecule is CNC(c1cc(C)c(F)cc1Cl)C1C2CCCC21. The first-order valence-corrected chi connectivity index (χ1v) is 7.14. The van der Waals surface area contributed by atoms with Gasteiger partial charge in [-0.15, -0.1) is 0 Å². The summed E-state index contributed by atoms with van der Waals surface area (Å²) in [5, 5.41) is 3.95. The molecule has 0 radical (unpaired) electrons. The Balaban J connectivity index is 1.90. The van der Waals surface area contributed by atoms with E-state index in [9.17, 15) is 4.39 Å². The van der Waals surface area contributed by atoms with Gasteiger partial charge in [0.25, 0.3) is 0 Å². The van der Waals surface area contributed by atoms with Crippen LogP contribution in [0.4, 0.5) is 4.39 Å². The maximum atomic E-state index is 13.5. The van der Waals surface area contributed by atoms with Gasteiger partial charge in [0.15, 0.2) is 0 Å². The fraction of sp³-hybridized carbons (Fsp3) is 0.600. The molecule has 3 unspecified atom stereocenters. The van der Waals surface area contributed by atoms with E-state index in [0.29, 0.717) is 16.5 Å². The second-order valence-corrected chi connectivity index (χ2v) is 6.13. The average molecular weight is 268 g/mol. The van der Waals surface area contributed by atoms with Crippen molar-refractivity contribution in [3.63, 3.8) is 0 Å². The molecule has 2 aliphatic rings. The molecule has 3 atom stereocenters. The minimum absolute atomic E-state index is 0.213. The van der Waals surface area contributed by atoms with Crippen LogP contribution in [0.1, 0.15) is 36.4 Å². The quantitative estimate of drug-likeness (QED) is 0.870. The molecule has 0 bridgehead atoms. The molecule has 1 N–H and O–H groups in total. The first kappa shape index (κ1) is 12.4. The van der Waals surface area contributed by atoms with Gasteiger partial charge in [-0.05, 0) is 61.8 Å². The zero-order valence-electron chi connectivity index (χ0n) is 10.8. The summed E-state index contributed by atoms with van der Waals surface area (Å²) in [7, 11) is 1.98. The van der Waals surface area contributed by atoms with Crippen molar-refractivity contribution in [2.75, 3.05) is 7.05 Å². The van der Waals surface area contributed by atoms with Gasteiger partial charge in [0.05, 0.1) is 0 Å². The molecule has 0 aliphatic heterocycles. The Hall–Kier alpha value is -0.600. The zero-order valence-corrected chi connectivity index (χ0v) is 11.6. The van der Waals surface area contributed by atoms with Crippen LogP contribution in [0.2, 0.25) is 5.02 Å². The van der Waals surface area contributed by atoms with E-state index in [-0.39, 0.29) is 11.9 Å². The van der Waals surface area contributed by atoms with Crippen molar-refractivity contribution in [3.8, 4) is 0 Å². The lowest BCUT2D eigenvalue weighted by atomic mass is 9.95. The van der Waals surface area contributed by atoms with Crippen LogP contribution in [0.25, 0.3) is 0 Å². The standard InChI is InChI=1S/C15H19ClFN/c1-8-6-11(12(16)7-13(8)17)15(18-2)14-9-4-3-5-10(9)14/h6-7,9-10,14-15,18H,3-5H2,1-2H3. The molecule has 3 heteroatoms. The maximum absolute atomic E-state index is 13.5. The highest BCUT2D eigenvalue weighted by atomic mass is 35.5. The van der Waals surface area contributed by atoms with E-state index in [2.05, 4.69) is 5.32 Å². The second-order valence-electron chi connectivity index (χ2n) is 5.73. The van der Waals surface area contributed by atoms with Gasteiger partial charge in [0.2, 0.25) is 0 Å². The third-order valence-electron chi connectivity index (χ3n) is 4.78. The highest BCUT2D eigenvalue weighted by Crippen LogP contribution is 2.62. The second kappa shape index (κ2) is 4.50. The number of benzene rings is 1. The van der Waals surface area contributed by atoms with Gasteiger partial charge in [0, 0.05) is 11.1 Å². The normalized spacial score (nSPS) is 31.2. The zero-order chi connectivity index (χ0) is 12.9. The fourth-order valence-corrected chi connectivity index (χ4v) is 4.11. The number of halogens is 2. The van der Waals surface area contributed by atoms with Crippen LogP contribution < -0.4 is 5.32 Å². The fourth-order valence-electron chi connectivity index (χ4n) is 3.84. The minimum atomic E-state index is -0.213. The molecule has 2 saturated carbocycles. The Morgan fingerprint density at radius 1 is 1.33 bits per heavy atom. The highest BCUT2D eigenvalue weighted by molar-refractivity contribution is 6.31. The van der Waals surface area contributed by atoms with Crippen molar-refractivity contribution >= 4 is 11.6 Å². The first-order valence-electron chi connectivity index (χ1n) is 6.76. The Bertz CT molecular complexity index is 464. The van der Waals surface area contributed by atoms with Crippen LogP contribution in [0.15, 0.2) is 12.1 Å². The van der Waals surface area contributed by atoms with E-state index < -0.39 is 0 Å². The van der Waals surface area contributed by atoms with Gasteiger partial charge in [-0.1, -0.05) is 24.1 Å². The Morgan fingerprint density at radius 3 is 2.61 bits per heavy atom. The Kier molecular flexibility index (Phi) is 3.11. The smallest absolute Gasteiger partial charge is 0.127 e. The van der Waals surface area contributed by atoms with Gasteiger partial charge in [0.1, 0.15) is 5.82 Å². The predicted molar refractivity (Wildman–Crippen MR) is 72.3 cm³/mol. The predicted octanol–water partition coefficient (Wildman–Crippen LogP) is 4.09. The molecule has 1 aromatic carbocycles. The summed E-state index contributed by atoms with van der Waals surface area (Å²) in [5.74, 6) is 2.22. The molecule has 0 aromatic heterocycles. The van der Waals surface area contributed by atoms with Crippen molar-refractivity contribution in [2.24, 2.45) is 17.8 Å². The Morgan fingerprint density at radius 2 is 2.00 bits per heavy atom. The van der Waals surface area contributed by atoms with E-state index in [1.54, 1.807) is 6.92 Å². The lowest BCUT2D eigenvalue weighted by Gasteiger charge is -2.20. The summed E-state index contributed by atoms with van der Waals surface area (Å²) in [6.07, 6.45) is 4.08. The van der Waals surface area contributed by atoms with Crippen molar-refractivity contribution in [1.29, 1.82) is 0 Å². The summed E-state index contributed by atoms with van der Waals surface area (Å²) in [5.41, 5.74) is 1.75. The van der Waals surface area contributed by atoms with Crippen LogP contribution in [-0.4, -0.2) is 7.05 Å². The largest absolute Gasteiger partial charge is 0.313 e. The third kappa shape index (κ3) is 1.86.